The molecule has 0 radical (unpaired) electrons. The van der Waals surface area contributed by atoms with Crippen LogP contribution >= 0.6 is 11.3 Å². The number of carbonyl (C=O) groups excluding carboxylic acids is 2. The molecule has 4 heterocycles. The number of rotatable bonds is 3. The fraction of sp³-hybridized carbons (Fsp3) is 0.556. The van der Waals surface area contributed by atoms with Crippen LogP contribution in [0.1, 0.15) is 47.3 Å². The molecular weight excluding hydrogens is 350 g/mol. The molecule has 1 atom stereocenters. The SMILES string of the molecule is Cc1c(C(=O)N2CCCC2)sc2ncnc(N[C@H]3CCCCNC3=O)c12. The summed E-state index contributed by atoms with van der Waals surface area (Å²) in [6.45, 7) is 4.32. The zero-order valence-electron chi connectivity index (χ0n) is 14.9. The Kier molecular flexibility index (Phi) is 4.76. The highest BCUT2D eigenvalue weighted by Gasteiger charge is 2.27. The first-order chi connectivity index (χ1) is 12.6. The number of amides is 2. The molecule has 2 amide bonds. The van der Waals surface area contributed by atoms with Gasteiger partial charge < -0.3 is 15.5 Å². The minimum absolute atomic E-state index is 0.00973. The largest absolute Gasteiger partial charge is 0.358 e. The number of fused-ring (bicyclic) bond motifs is 1. The van der Waals surface area contributed by atoms with Gasteiger partial charge in [-0.3, -0.25) is 9.59 Å². The predicted molar refractivity (Wildman–Crippen MR) is 102 cm³/mol. The minimum Gasteiger partial charge on any atom is -0.358 e. The lowest BCUT2D eigenvalue weighted by Crippen LogP contribution is -2.38. The summed E-state index contributed by atoms with van der Waals surface area (Å²) in [5, 5.41) is 7.09. The van der Waals surface area contributed by atoms with Crippen LogP contribution in [-0.4, -0.2) is 52.4 Å². The first-order valence-corrected chi connectivity index (χ1v) is 10.0. The van der Waals surface area contributed by atoms with Crippen molar-refractivity contribution in [2.24, 2.45) is 0 Å². The summed E-state index contributed by atoms with van der Waals surface area (Å²) < 4.78 is 0. The number of nitrogens with zero attached hydrogens (tertiary/aromatic N) is 3. The molecule has 138 valence electrons. The molecule has 2 aliphatic heterocycles. The molecule has 2 aromatic heterocycles. The molecule has 0 aromatic carbocycles. The number of aromatic nitrogens is 2. The van der Waals surface area contributed by atoms with Gasteiger partial charge in [0.2, 0.25) is 5.91 Å². The molecule has 2 N–H and O–H groups in total. The number of nitrogens with one attached hydrogen (secondary N) is 2. The maximum atomic E-state index is 12.8. The highest BCUT2D eigenvalue weighted by Crippen LogP contribution is 2.35. The van der Waals surface area contributed by atoms with Crippen LogP contribution < -0.4 is 10.6 Å². The molecule has 7 nitrogen and oxygen atoms in total. The van der Waals surface area contributed by atoms with Gasteiger partial charge in [0.15, 0.2) is 0 Å². The van der Waals surface area contributed by atoms with Crippen molar-refractivity contribution in [2.45, 2.75) is 45.1 Å². The molecule has 2 fully saturated rings. The number of hydrogen-bond acceptors (Lipinski definition) is 6. The molecule has 0 aliphatic carbocycles. The number of likely N-dealkylation sites (tertiary alicyclic amines) is 1. The third-order valence-corrected chi connectivity index (χ3v) is 6.35. The van der Waals surface area contributed by atoms with Crippen LogP contribution in [0.3, 0.4) is 0 Å². The van der Waals surface area contributed by atoms with Gasteiger partial charge in [-0.15, -0.1) is 11.3 Å². The smallest absolute Gasteiger partial charge is 0.264 e. The first kappa shape index (κ1) is 17.2. The van der Waals surface area contributed by atoms with Crippen LogP contribution in [0.4, 0.5) is 5.82 Å². The fourth-order valence-corrected chi connectivity index (χ4v) is 4.81. The van der Waals surface area contributed by atoms with Crippen molar-refractivity contribution >= 4 is 39.2 Å². The molecule has 8 heteroatoms. The van der Waals surface area contributed by atoms with E-state index in [1.165, 1.54) is 17.7 Å². The Morgan fingerprint density at radius 1 is 1.27 bits per heavy atom. The van der Waals surface area contributed by atoms with Crippen LogP contribution in [0.25, 0.3) is 10.2 Å². The molecule has 4 rings (SSSR count). The number of aryl methyl sites for hydroxylation is 1. The van der Waals surface area contributed by atoms with E-state index in [0.29, 0.717) is 5.82 Å². The number of anilines is 1. The first-order valence-electron chi connectivity index (χ1n) is 9.23. The molecule has 2 aromatic rings. The Hall–Kier alpha value is -2.22. The quantitative estimate of drug-likeness (QED) is 0.862. The van der Waals surface area contributed by atoms with Crippen molar-refractivity contribution in [3.63, 3.8) is 0 Å². The fourth-order valence-electron chi connectivity index (χ4n) is 3.69. The Balaban J connectivity index is 1.67. The molecule has 2 aliphatic rings. The van der Waals surface area contributed by atoms with E-state index in [-0.39, 0.29) is 17.9 Å². The maximum absolute atomic E-state index is 12.8. The third kappa shape index (κ3) is 3.13. The second-order valence-corrected chi connectivity index (χ2v) is 7.94. The summed E-state index contributed by atoms with van der Waals surface area (Å²) in [7, 11) is 0. The average molecular weight is 373 g/mol. The third-order valence-electron chi connectivity index (χ3n) is 5.16. The molecular formula is C18H23N5O2S. The topological polar surface area (TPSA) is 87.2 Å². The number of carbonyl (C=O) groups is 2. The van der Waals surface area contributed by atoms with Crippen LogP contribution in [-0.2, 0) is 4.79 Å². The van der Waals surface area contributed by atoms with Crippen molar-refractivity contribution in [1.29, 1.82) is 0 Å². The van der Waals surface area contributed by atoms with Gasteiger partial charge in [-0.2, -0.15) is 0 Å². The van der Waals surface area contributed by atoms with Crippen LogP contribution in [0.15, 0.2) is 6.33 Å². The van der Waals surface area contributed by atoms with Gasteiger partial charge in [-0.05, 0) is 44.6 Å². The Bertz CT molecular complexity index is 843. The molecule has 2 saturated heterocycles. The second-order valence-electron chi connectivity index (χ2n) is 6.94. The van der Waals surface area contributed by atoms with Crippen molar-refractivity contribution in [1.82, 2.24) is 20.2 Å². The van der Waals surface area contributed by atoms with Gasteiger partial charge in [0.05, 0.1) is 10.3 Å². The van der Waals surface area contributed by atoms with Gasteiger partial charge in [-0.25, -0.2) is 9.97 Å². The van der Waals surface area contributed by atoms with Gasteiger partial charge in [0.25, 0.3) is 5.91 Å². The van der Waals surface area contributed by atoms with E-state index < -0.39 is 0 Å². The number of thiophene rings is 1. The summed E-state index contributed by atoms with van der Waals surface area (Å²) in [4.78, 5) is 37.3. The maximum Gasteiger partial charge on any atom is 0.264 e. The van der Waals surface area contributed by atoms with Crippen molar-refractivity contribution in [3.05, 3.63) is 16.8 Å². The monoisotopic (exact) mass is 373 g/mol. The van der Waals surface area contributed by atoms with Crippen LogP contribution in [0.2, 0.25) is 0 Å². The minimum atomic E-state index is -0.298. The molecule has 0 unspecified atom stereocenters. The molecule has 0 bridgehead atoms. The van der Waals surface area contributed by atoms with Gasteiger partial charge in [0, 0.05) is 19.6 Å². The summed E-state index contributed by atoms with van der Waals surface area (Å²) in [5.41, 5.74) is 0.902. The van der Waals surface area contributed by atoms with Crippen LogP contribution in [0, 0.1) is 6.92 Å². The predicted octanol–water partition coefficient (Wildman–Crippen LogP) is 2.32. The van der Waals surface area contributed by atoms with E-state index in [1.54, 1.807) is 0 Å². The Morgan fingerprint density at radius 2 is 2.08 bits per heavy atom. The zero-order chi connectivity index (χ0) is 18.1. The number of hydrogen-bond donors (Lipinski definition) is 2. The van der Waals surface area contributed by atoms with Gasteiger partial charge in [-0.1, -0.05) is 0 Å². The Morgan fingerprint density at radius 3 is 2.88 bits per heavy atom. The lowest BCUT2D eigenvalue weighted by atomic mass is 10.1. The lowest BCUT2D eigenvalue weighted by molar-refractivity contribution is -0.121. The highest BCUT2D eigenvalue weighted by molar-refractivity contribution is 7.20. The van der Waals surface area contributed by atoms with E-state index in [2.05, 4.69) is 20.6 Å². The van der Waals surface area contributed by atoms with Crippen molar-refractivity contribution in [2.75, 3.05) is 25.0 Å². The second kappa shape index (κ2) is 7.19. The van der Waals surface area contributed by atoms with E-state index in [0.717, 1.165) is 72.4 Å². The van der Waals surface area contributed by atoms with E-state index >= 15 is 0 Å². The highest BCUT2D eigenvalue weighted by atomic mass is 32.1. The van der Waals surface area contributed by atoms with Gasteiger partial charge in [0.1, 0.15) is 23.0 Å². The normalized spacial score (nSPS) is 20.9. The average Bonchev–Trinajstić information content (AvgIpc) is 3.24. The van der Waals surface area contributed by atoms with E-state index in [4.69, 9.17) is 0 Å². The molecule has 0 saturated carbocycles. The summed E-state index contributed by atoms with van der Waals surface area (Å²) in [6.07, 6.45) is 6.40. The summed E-state index contributed by atoms with van der Waals surface area (Å²) >= 11 is 1.42. The van der Waals surface area contributed by atoms with Crippen molar-refractivity contribution < 1.29 is 9.59 Å². The van der Waals surface area contributed by atoms with Gasteiger partial charge >= 0.3 is 0 Å². The van der Waals surface area contributed by atoms with Crippen LogP contribution in [0.5, 0.6) is 0 Å². The summed E-state index contributed by atoms with van der Waals surface area (Å²) in [6, 6.07) is -0.298. The van der Waals surface area contributed by atoms with Crippen molar-refractivity contribution in [3.8, 4) is 0 Å². The zero-order valence-corrected chi connectivity index (χ0v) is 15.7. The standard InChI is InChI=1S/C18H23N5O2S/c1-11-13-15(22-12-6-2-3-7-19-16(12)24)20-10-21-17(13)26-14(11)18(25)23-8-4-5-9-23/h10,12H,2-9H2,1H3,(H,19,24)(H,20,21,22)/t12-/m0/s1. The molecule has 0 spiro atoms. The Labute approximate surface area is 156 Å². The van der Waals surface area contributed by atoms with E-state index in [1.807, 2.05) is 11.8 Å². The molecule has 26 heavy (non-hydrogen) atoms. The van der Waals surface area contributed by atoms with E-state index in [9.17, 15) is 9.59 Å². The lowest BCUT2D eigenvalue weighted by Gasteiger charge is -2.16. The summed E-state index contributed by atoms with van der Waals surface area (Å²) in [5.74, 6) is 0.739.